The number of likely N-dealkylation sites (N-methyl/N-ethyl adjacent to an activating group) is 1. The van der Waals surface area contributed by atoms with Crippen LogP contribution in [0.2, 0.25) is 0 Å². The molecule has 1 amide bonds. The first kappa shape index (κ1) is 16.7. The number of unbranched alkanes of at least 4 members (excludes halogenated alkanes) is 3. The molecule has 112 valence electrons. The molecule has 0 aromatic heterocycles. The highest BCUT2D eigenvalue weighted by atomic mass is 16.5. The van der Waals surface area contributed by atoms with E-state index in [0.29, 0.717) is 6.42 Å². The normalized spacial score (nSPS) is 14.1. The Labute approximate surface area is 121 Å². The number of carbonyl (C=O) groups excluding carboxylic acids is 1. The first-order valence-corrected chi connectivity index (χ1v) is 7.27. The summed E-state index contributed by atoms with van der Waals surface area (Å²) >= 11 is 0. The second-order valence-electron chi connectivity index (χ2n) is 5.37. The highest BCUT2D eigenvalue weighted by Gasteiger charge is 2.41. The highest BCUT2D eigenvalue weighted by Crippen LogP contribution is 2.32. The Morgan fingerprint density at radius 1 is 1.20 bits per heavy atom. The third kappa shape index (κ3) is 3.58. The van der Waals surface area contributed by atoms with Crippen molar-refractivity contribution in [2.75, 3.05) is 14.1 Å². The van der Waals surface area contributed by atoms with Crippen LogP contribution in [0, 0.1) is 0 Å². The third-order valence-electron chi connectivity index (χ3n) is 3.88. The molecule has 0 radical (unpaired) electrons. The number of hydrogen-bond donors (Lipinski definition) is 2. The lowest BCUT2D eigenvalue weighted by Crippen LogP contribution is -2.53. The summed E-state index contributed by atoms with van der Waals surface area (Å²) in [7, 11) is 3.75. The summed E-state index contributed by atoms with van der Waals surface area (Å²) in [6, 6.07) is 9.65. The second-order valence-corrected chi connectivity index (χ2v) is 5.37. The van der Waals surface area contributed by atoms with Gasteiger partial charge in [-0.3, -0.25) is 14.9 Å². The monoisotopic (exact) mass is 278 g/mol. The summed E-state index contributed by atoms with van der Waals surface area (Å²) in [6.07, 6.45) is 5.06. The average Bonchev–Trinajstić information content (AvgIpc) is 2.47. The van der Waals surface area contributed by atoms with E-state index in [4.69, 9.17) is 5.21 Å². The summed E-state index contributed by atoms with van der Waals surface area (Å²) in [5, 5.41) is 9.16. The van der Waals surface area contributed by atoms with Crippen molar-refractivity contribution >= 4 is 5.91 Å². The van der Waals surface area contributed by atoms with Crippen molar-refractivity contribution < 1.29 is 10.0 Å². The van der Waals surface area contributed by atoms with Crippen molar-refractivity contribution in [3.8, 4) is 0 Å². The van der Waals surface area contributed by atoms with Gasteiger partial charge in [0, 0.05) is 0 Å². The van der Waals surface area contributed by atoms with Crippen LogP contribution in [0.1, 0.15) is 44.6 Å². The molecular weight excluding hydrogens is 252 g/mol. The van der Waals surface area contributed by atoms with Gasteiger partial charge in [-0.05, 0) is 26.1 Å². The molecule has 1 atom stereocenters. The van der Waals surface area contributed by atoms with Crippen molar-refractivity contribution in [3.05, 3.63) is 35.9 Å². The predicted octanol–water partition coefficient (Wildman–Crippen LogP) is 2.92. The number of carbonyl (C=O) groups is 1. The first-order chi connectivity index (χ1) is 9.59. The maximum absolute atomic E-state index is 12.3. The van der Waals surface area contributed by atoms with Crippen LogP contribution >= 0.6 is 0 Å². The third-order valence-corrected chi connectivity index (χ3v) is 3.88. The molecule has 1 aromatic rings. The molecule has 1 aromatic carbocycles. The number of nitrogens with one attached hydrogen (secondary N) is 1. The van der Waals surface area contributed by atoms with E-state index in [1.54, 1.807) is 0 Å². The van der Waals surface area contributed by atoms with Gasteiger partial charge in [-0.1, -0.05) is 62.9 Å². The molecule has 0 fully saturated rings. The molecule has 0 saturated heterocycles. The maximum Gasteiger partial charge on any atom is 0.268 e. The molecular formula is C16H26N2O2. The fourth-order valence-corrected chi connectivity index (χ4v) is 2.69. The lowest BCUT2D eigenvalue weighted by molar-refractivity contribution is -0.142. The Bertz CT molecular complexity index is 406. The Morgan fingerprint density at radius 2 is 1.85 bits per heavy atom. The van der Waals surface area contributed by atoms with Crippen LogP contribution in [0.3, 0.4) is 0 Å². The summed E-state index contributed by atoms with van der Waals surface area (Å²) in [4.78, 5) is 14.2. The molecule has 4 heteroatoms. The van der Waals surface area contributed by atoms with E-state index in [2.05, 4.69) is 6.92 Å². The molecule has 1 unspecified atom stereocenters. The zero-order valence-electron chi connectivity index (χ0n) is 12.7. The van der Waals surface area contributed by atoms with Gasteiger partial charge >= 0.3 is 0 Å². The molecule has 0 spiro atoms. The minimum Gasteiger partial charge on any atom is -0.292 e. The molecule has 0 aliphatic heterocycles. The van der Waals surface area contributed by atoms with Gasteiger partial charge in [0.05, 0.1) is 0 Å². The molecule has 1 rings (SSSR count). The fourth-order valence-electron chi connectivity index (χ4n) is 2.69. The number of nitrogens with zero attached hydrogens (tertiary/aromatic N) is 1. The Kier molecular flexibility index (Phi) is 6.68. The molecule has 0 aliphatic rings. The summed E-state index contributed by atoms with van der Waals surface area (Å²) in [5.41, 5.74) is 1.94. The van der Waals surface area contributed by atoms with Crippen LogP contribution in [-0.2, 0) is 10.3 Å². The number of hydroxylamine groups is 1. The van der Waals surface area contributed by atoms with Gasteiger partial charge in [0.2, 0.25) is 0 Å². The van der Waals surface area contributed by atoms with Crippen LogP contribution in [0.5, 0.6) is 0 Å². The van der Waals surface area contributed by atoms with Gasteiger partial charge in [0.1, 0.15) is 5.54 Å². The van der Waals surface area contributed by atoms with Gasteiger partial charge in [0.25, 0.3) is 5.91 Å². The van der Waals surface area contributed by atoms with Crippen molar-refractivity contribution in [2.45, 2.75) is 44.6 Å². The van der Waals surface area contributed by atoms with Crippen LogP contribution in [-0.4, -0.2) is 30.1 Å². The van der Waals surface area contributed by atoms with Crippen molar-refractivity contribution in [3.63, 3.8) is 0 Å². The van der Waals surface area contributed by atoms with E-state index in [0.717, 1.165) is 24.8 Å². The highest BCUT2D eigenvalue weighted by molar-refractivity contribution is 5.86. The van der Waals surface area contributed by atoms with Gasteiger partial charge in [-0.15, -0.1) is 0 Å². The minimum atomic E-state index is -0.816. The van der Waals surface area contributed by atoms with Crippen LogP contribution in [0.4, 0.5) is 0 Å². The van der Waals surface area contributed by atoms with E-state index < -0.39 is 5.54 Å². The van der Waals surface area contributed by atoms with E-state index >= 15 is 0 Å². The molecule has 2 N–H and O–H groups in total. The van der Waals surface area contributed by atoms with Crippen LogP contribution < -0.4 is 5.48 Å². The van der Waals surface area contributed by atoms with Crippen molar-refractivity contribution in [1.82, 2.24) is 10.4 Å². The predicted molar refractivity (Wildman–Crippen MR) is 80.5 cm³/mol. The molecule has 0 aliphatic carbocycles. The molecule has 0 heterocycles. The van der Waals surface area contributed by atoms with Crippen LogP contribution in [0.25, 0.3) is 0 Å². The van der Waals surface area contributed by atoms with Crippen LogP contribution in [0.15, 0.2) is 30.3 Å². The maximum atomic E-state index is 12.3. The summed E-state index contributed by atoms with van der Waals surface area (Å²) < 4.78 is 0. The zero-order valence-corrected chi connectivity index (χ0v) is 12.7. The minimum absolute atomic E-state index is 0.370. The number of rotatable bonds is 8. The molecule has 20 heavy (non-hydrogen) atoms. The van der Waals surface area contributed by atoms with Gasteiger partial charge in [-0.25, -0.2) is 5.48 Å². The van der Waals surface area contributed by atoms with E-state index in [9.17, 15) is 4.79 Å². The van der Waals surface area contributed by atoms with E-state index in [1.807, 2.05) is 54.8 Å². The van der Waals surface area contributed by atoms with E-state index in [-0.39, 0.29) is 5.91 Å². The van der Waals surface area contributed by atoms with E-state index in [1.165, 1.54) is 6.42 Å². The quantitative estimate of drug-likeness (QED) is 0.437. The Morgan fingerprint density at radius 3 is 2.35 bits per heavy atom. The van der Waals surface area contributed by atoms with Crippen molar-refractivity contribution in [1.29, 1.82) is 0 Å². The van der Waals surface area contributed by atoms with Gasteiger partial charge in [0.15, 0.2) is 0 Å². The first-order valence-electron chi connectivity index (χ1n) is 7.27. The number of amides is 1. The Hall–Kier alpha value is -1.39. The smallest absolute Gasteiger partial charge is 0.268 e. The fraction of sp³-hybridized carbons (Fsp3) is 0.562. The lowest BCUT2D eigenvalue weighted by Gasteiger charge is -2.38. The molecule has 0 bridgehead atoms. The molecule has 4 nitrogen and oxygen atoms in total. The van der Waals surface area contributed by atoms with Gasteiger partial charge < -0.3 is 0 Å². The van der Waals surface area contributed by atoms with Gasteiger partial charge in [-0.2, -0.15) is 0 Å². The topological polar surface area (TPSA) is 52.6 Å². The lowest BCUT2D eigenvalue weighted by atomic mass is 9.82. The second kappa shape index (κ2) is 8.02. The number of hydrogen-bond acceptors (Lipinski definition) is 3. The van der Waals surface area contributed by atoms with Crippen molar-refractivity contribution in [2.24, 2.45) is 0 Å². The summed E-state index contributed by atoms with van der Waals surface area (Å²) in [5.74, 6) is -0.370. The summed E-state index contributed by atoms with van der Waals surface area (Å²) in [6.45, 7) is 2.16. The Balaban J connectivity index is 3.06. The average molecular weight is 278 g/mol. The molecule has 0 saturated carbocycles. The zero-order chi connectivity index (χ0) is 15.0. The number of benzene rings is 1. The standard InChI is InChI=1S/C16H26N2O2/c1-4-5-6-10-13-16(18(2)3,15(19)17-20)14-11-8-7-9-12-14/h7-9,11-12,20H,4-6,10,13H2,1-3H3,(H,17,19). The SMILES string of the molecule is CCCCCCC(C(=O)NO)(c1ccccc1)N(C)C. The largest absolute Gasteiger partial charge is 0.292 e.